The number of nitrogens with zero attached hydrogens (tertiary/aromatic N) is 1. The number of amides is 2. The van der Waals surface area contributed by atoms with E-state index in [0.717, 1.165) is 31.5 Å². The molecular weight excluding hydrogens is 314 g/mol. The topological polar surface area (TPSA) is 75.4 Å². The number of benzene rings is 1. The summed E-state index contributed by atoms with van der Waals surface area (Å²) in [5, 5.41) is 2.94. The molecule has 128 valence electrons. The van der Waals surface area contributed by atoms with Crippen LogP contribution in [-0.4, -0.2) is 42.4 Å². The predicted octanol–water partition coefficient (Wildman–Crippen LogP) is 1.81. The summed E-state index contributed by atoms with van der Waals surface area (Å²) in [6.07, 6.45) is 2.22. The Kier molecular flexibility index (Phi) is 8.06. The van der Waals surface area contributed by atoms with Crippen LogP contribution in [-0.2, 0) is 4.79 Å². The smallest absolute Gasteiger partial charge is 0.253 e. The average Bonchev–Trinajstić information content (AvgIpc) is 2.53. The molecule has 1 atom stereocenters. The maximum atomic E-state index is 12.3. The van der Waals surface area contributed by atoms with Crippen LogP contribution in [0.3, 0.4) is 0 Å². The predicted molar refractivity (Wildman–Crippen MR) is 93.6 cm³/mol. The molecule has 3 N–H and O–H groups in total. The average molecular weight is 340 g/mol. The third kappa shape index (κ3) is 6.20. The lowest BCUT2D eigenvalue weighted by Crippen LogP contribution is -2.42. The molecule has 0 aliphatic carbocycles. The Morgan fingerprint density at radius 1 is 1.26 bits per heavy atom. The van der Waals surface area contributed by atoms with Crippen LogP contribution >= 0.6 is 12.4 Å². The van der Waals surface area contributed by atoms with E-state index in [1.807, 2.05) is 42.2 Å². The van der Waals surface area contributed by atoms with Gasteiger partial charge in [-0.05, 0) is 37.8 Å². The zero-order valence-electron chi connectivity index (χ0n) is 13.5. The van der Waals surface area contributed by atoms with Crippen LogP contribution in [0.4, 0.5) is 0 Å². The largest absolute Gasteiger partial charge is 0.356 e. The Morgan fingerprint density at radius 2 is 1.87 bits per heavy atom. The van der Waals surface area contributed by atoms with Crippen LogP contribution < -0.4 is 11.1 Å². The van der Waals surface area contributed by atoms with Gasteiger partial charge in [-0.15, -0.1) is 12.4 Å². The molecular formula is C17H26ClN3O2. The first-order valence-electron chi connectivity index (χ1n) is 7.93. The number of hydrogen-bond acceptors (Lipinski definition) is 3. The van der Waals surface area contributed by atoms with Gasteiger partial charge in [0.2, 0.25) is 5.91 Å². The second kappa shape index (κ2) is 9.53. The van der Waals surface area contributed by atoms with Crippen molar-refractivity contribution in [2.75, 3.05) is 19.6 Å². The third-order valence-electron chi connectivity index (χ3n) is 4.02. The molecule has 0 bridgehead atoms. The van der Waals surface area contributed by atoms with Crippen LogP contribution in [0.5, 0.6) is 0 Å². The molecule has 1 aliphatic heterocycles. The van der Waals surface area contributed by atoms with E-state index < -0.39 is 0 Å². The lowest BCUT2D eigenvalue weighted by molar-refractivity contribution is -0.121. The zero-order valence-corrected chi connectivity index (χ0v) is 14.3. The first-order valence-corrected chi connectivity index (χ1v) is 7.93. The molecule has 2 rings (SSSR count). The van der Waals surface area contributed by atoms with Crippen molar-refractivity contribution in [3.05, 3.63) is 35.9 Å². The molecule has 0 aromatic heterocycles. The molecule has 1 unspecified atom stereocenters. The standard InChI is InChI=1S/C17H25N3O2.ClH/c1-13(18)11-16(21)19-12-14-7-9-20(10-8-14)17(22)15-5-3-2-4-6-15;/h2-6,13-14H,7-12,18H2,1H3,(H,19,21);1H. The molecule has 2 amide bonds. The Morgan fingerprint density at radius 3 is 2.43 bits per heavy atom. The SMILES string of the molecule is CC(N)CC(=O)NCC1CCN(C(=O)c2ccccc2)CC1.Cl. The van der Waals surface area contributed by atoms with E-state index in [9.17, 15) is 9.59 Å². The summed E-state index contributed by atoms with van der Waals surface area (Å²) < 4.78 is 0. The number of carbonyl (C=O) groups is 2. The number of hydrogen-bond donors (Lipinski definition) is 2. The lowest BCUT2D eigenvalue weighted by Gasteiger charge is -2.32. The molecule has 0 spiro atoms. The molecule has 0 saturated carbocycles. The fourth-order valence-corrected chi connectivity index (χ4v) is 2.73. The van der Waals surface area contributed by atoms with Crippen molar-refractivity contribution in [3.8, 4) is 0 Å². The highest BCUT2D eigenvalue weighted by molar-refractivity contribution is 5.94. The van der Waals surface area contributed by atoms with Gasteiger partial charge in [0.25, 0.3) is 5.91 Å². The fraction of sp³-hybridized carbons (Fsp3) is 0.529. The Hall–Kier alpha value is -1.59. The van der Waals surface area contributed by atoms with Crippen molar-refractivity contribution < 1.29 is 9.59 Å². The van der Waals surface area contributed by atoms with Crippen molar-refractivity contribution in [3.63, 3.8) is 0 Å². The van der Waals surface area contributed by atoms with E-state index in [-0.39, 0.29) is 30.3 Å². The van der Waals surface area contributed by atoms with E-state index >= 15 is 0 Å². The molecule has 1 heterocycles. The van der Waals surface area contributed by atoms with Crippen molar-refractivity contribution >= 4 is 24.2 Å². The number of carbonyl (C=O) groups excluding carboxylic acids is 2. The van der Waals surface area contributed by atoms with Gasteiger partial charge in [-0.1, -0.05) is 18.2 Å². The summed E-state index contributed by atoms with van der Waals surface area (Å²) in [6.45, 7) is 4.01. The summed E-state index contributed by atoms with van der Waals surface area (Å²) in [5.41, 5.74) is 6.35. The first-order chi connectivity index (χ1) is 10.6. The highest BCUT2D eigenvalue weighted by Crippen LogP contribution is 2.18. The fourth-order valence-electron chi connectivity index (χ4n) is 2.73. The first kappa shape index (κ1) is 19.5. The van der Waals surface area contributed by atoms with E-state index in [1.54, 1.807) is 0 Å². The Labute approximate surface area is 144 Å². The lowest BCUT2D eigenvalue weighted by atomic mass is 9.96. The van der Waals surface area contributed by atoms with Gasteiger partial charge in [-0.3, -0.25) is 9.59 Å². The van der Waals surface area contributed by atoms with Crippen LogP contribution in [0.1, 0.15) is 36.5 Å². The van der Waals surface area contributed by atoms with Crippen LogP contribution in [0.2, 0.25) is 0 Å². The second-order valence-electron chi connectivity index (χ2n) is 6.09. The summed E-state index contributed by atoms with van der Waals surface area (Å²) in [4.78, 5) is 25.8. The number of halogens is 1. The minimum absolute atomic E-state index is 0. The van der Waals surface area contributed by atoms with Gasteiger partial charge in [-0.25, -0.2) is 0 Å². The van der Waals surface area contributed by atoms with E-state index in [0.29, 0.717) is 18.9 Å². The van der Waals surface area contributed by atoms with Crippen LogP contribution in [0.25, 0.3) is 0 Å². The highest BCUT2D eigenvalue weighted by Gasteiger charge is 2.23. The van der Waals surface area contributed by atoms with Gasteiger partial charge in [0.1, 0.15) is 0 Å². The molecule has 5 nitrogen and oxygen atoms in total. The summed E-state index contributed by atoms with van der Waals surface area (Å²) in [7, 11) is 0. The monoisotopic (exact) mass is 339 g/mol. The quantitative estimate of drug-likeness (QED) is 0.859. The maximum Gasteiger partial charge on any atom is 0.253 e. The Bertz CT molecular complexity index is 500. The van der Waals surface area contributed by atoms with Gasteiger partial charge in [0.05, 0.1) is 0 Å². The third-order valence-corrected chi connectivity index (χ3v) is 4.02. The molecule has 23 heavy (non-hydrogen) atoms. The van der Waals surface area contributed by atoms with E-state index in [1.165, 1.54) is 0 Å². The Balaban J connectivity index is 0.00000264. The van der Waals surface area contributed by atoms with Gasteiger partial charge >= 0.3 is 0 Å². The van der Waals surface area contributed by atoms with Crippen LogP contribution in [0.15, 0.2) is 30.3 Å². The molecule has 0 radical (unpaired) electrons. The normalized spacial score (nSPS) is 16.3. The van der Waals surface area contributed by atoms with E-state index in [4.69, 9.17) is 5.73 Å². The number of nitrogens with one attached hydrogen (secondary N) is 1. The molecule has 1 aromatic rings. The van der Waals surface area contributed by atoms with Gasteiger partial charge in [0.15, 0.2) is 0 Å². The van der Waals surface area contributed by atoms with Crippen molar-refractivity contribution in [2.45, 2.75) is 32.2 Å². The number of nitrogens with two attached hydrogens (primary N) is 1. The zero-order chi connectivity index (χ0) is 15.9. The minimum atomic E-state index is -0.106. The molecule has 1 aliphatic rings. The van der Waals surface area contributed by atoms with Crippen molar-refractivity contribution in [2.24, 2.45) is 11.7 Å². The highest BCUT2D eigenvalue weighted by atomic mass is 35.5. The van der Waals surface area contributed by atoms with Crippen LogP contribution in [0, 0.1) is 5.92 Å². The van der Waals surface area contributed by atoms with Gasteiger partial charge < -0.3 is 16.0 Å². The number of rotatable bonds is 5. The van der Waals surface area contributed by atoms with Crippen molar-refractivity contribution in [1.82, 2.24) is 10.2 Å². The van der Waals surface area contributed by atoms with E-state index in [2.05, 4.69) is 5.32 Å². The molecule has 1 saturated heterocycles. The maximum absolute atomic E-state index is 12.3. The molecule has 6 heteroatoms. The molecule has 1 fully saturated rings. The molecule has 1 aromatic carbocycles. The van der Waals surface area contributed by atoms with Gasteiger partial charge in [0, 0.05) is 37.7 Å². The minimum Gasteiger partial charge on any atom is -0.356 e. The van der Waals surface area contributed by atoms with Gasteiger partial charge in [-0.2, -0.15) is 0 Å². The summed E-state index contributed by atoms with van der Waals surface area (Å²) in [5.74, 6) is 0.551. The summed E-state index contributed by atoms with van der Waals surface area (Å²) >= 11 is 0. The second-order valence-corrected chi connectivity index (χ2v) is 6.09. The summed E-state index contributed by atoms with van der Waals surface area (Å²) in [6, 6.07) is 9.27. The number of piperidine rings is 1. The van der Waals surface area contributed by atoms with Crippen molar-refractivity contribution in [1.29, 1.82) is 0 Å². The number of likely N-dealkylation sites (tertiary alicyclic amines) is 1.